The number of thiocarbonyl (C=S) groups is 1. The molecule has 0 bridgehead atoms. The zero-order valence-corrected chi connectivity index (χ0v) is 11.5. The van der Waals surface area contributed by atoms with Crippen molar-refractivity contribution in [3.8, 4) is 0 Å². The van der Waals surface area contributed by atoms with E-state index in [0.29, 0.717) is 28.5 Å². The van der Waals surface area contributed by atoms with Crippen molar-refractivity contribution in [1.29, 1.82) is 0 Å². The average molecular weight is 322 g/mol. The Labute approximate surface area is 112 Å². The summed E-state index contributed by atoms with van der Waals surface area (Å²) in [4.78, 5) is 12.1. The van der Waals surface area contributed by atoms with E-state index >= 15 is 0 Å². The molecule has 0 unspecified atom stereocenters. The van der Waals surface area contributed by atoms with E-state index in [1.807, 2.05) is 0 Å². The monoisotopic (exact) mass is 320 g/mol. The lowest BCUT2D eigenvalue weighted by atomic mass is 10.2. The average Bonchev–Trinajstić information content (AvgIpc) is 2.21. The van der Waals surface area contributed by atoms with E-state index in [-0.39, 0.29) is 5.91 Å². The molecular formula is C10H10BrClN2OS. The summed E-state index contributed by atoms with van der Waals surface area (Å²) >= 11 is 13.9. The van der Waals surface area contributed by atoms with Crippen LogP contribution >= 0.6 is 39.7 Å². The number of nitrogens with one attached hydrogen (secondary N) is 1. The predicted octanol–water partition coefficient (Wildman–Crippen LogP) is 2.51. The molecule has 0 aromatic heterocycles. The quantitative estimate of drug-likeness (QED) is 0.838. The summed E-state index contributed by atoms with van der Waals surface area (Å²) in [5.41, 5.74) is 5.75. The summed E-state index contributed by atoms with van der Waals surface area (Å²) in [7, 11) is 0. The van der Waals surface area contributed by atoms with Crippen LogP contribution in [0, 0.1) is 0 Å². The molecule has 0 radical (unpaired) electrons. The Hall–Kier alpha value is -0.650. The topological polar surface area (TPSA) is 55.1 Å². The van der Waals surface area contributed by atoms with Gasteiger partial charge >= 0.3 is 0 Å². The molecule has 6 heteroatoms. The molecule has 3 nitrogen and oxygen atoms in total. The fourth-order valence-electron chi connectivity index (χ4n) is 1.07. The predicted molar refractivity (Wildman–Crippen MR) is 72.9 cm³/mol. The van der Waals surface area contributed by atoms with Crippen LogP contribution in [-0.4, -0.2) is 17.4 Å². The van der Waals surface area contributed by atoms with Gasteiger partial charge in [0.2, 0.25) is 0 Å². The smallest absolute Gasteiger partial charge is 0.252 e. The SMILES string of the molecule is NC(=S)CCNC(=O)c1cc(Br)ccc1Cl. The van der Waals surface area contributed by atoms with Gasteiger partial charge in [0.1, 0.15) is 0 Å². The van der Waals surface area contributed by atoms with Gasteiger partial charge in [-0.3, -0.25) is 4.79 Å². The molecule has 0 fully saturated rings. The highest BCUT2D eigenvalue weighted by molar-refractivity contribution is 9.10. The second-order valence-corrected chi connectivity index (χ2v) is 4.94. The van der Waals surface area contributed by atoms with Crippen molar-refractivity contribution in [2.24, 2.45) is 5.73 Å². The van der Waals surface area contributed by atoms with E-state index in [4.69, 9.17) is 29.6 Å². The van der Waals surface area contributed by atoms with E-state index in [1.165, 1.54) is 0 Å². The zero-order valence-electron chi connectivity index (χ0n) is 8.30. The summed E-state index contributed by atoms with van der Waals surface area (Å²) < 4.78 is 0.802. The van der Waals surface area contributed by atoms with Crippen LogP contribution in [0.15, 0.2) is 22.7 Å². The van der Waals surface area contributed by atoms with Crippen molar-refractivity contribution in [2.45, 2.75) is 6.42 Å². The first-order valence-electron chi connectivity index (χ1n) is 4.52. The minimum Gasteiger partial charge on any atom is -0.393 e. The van der Waals surface area contributed by atoms with Crippen LogP contribution in [0.2, 0.25) is 5.02 Å². The van der Waals surface area contributed by atoms with Crippen LogP contribution in [0.5, 0.6) is 0 Å². The summed E-state index contributed by atoms with van der Waals surface area (Å²) in [5, 5.41) is 3.10. The number of benzene rings is 1. The Kier molecular flexibility index (Phi) is 5.18. The molecule has 86 valence electrons. The largest absolute Gasteiger partial charge is 0.393 e. The fourth-order valence-corrected chi connectivity index (χ4v) is 1.73. The van der Waals surface area contributed by atoms with Crippen molar-refractivity contribution in [3.05, 3.63) is 33.3 Å². The molecule has 1 rings (SSSR count). The molecule has 1 aromatic carbocycles. The van der Waals surface area contributed by atoms with Gasteiger partial charge in [0.25, 0.3) is 5.91 Å². The maximum atomic E-state index is 11.7. The third-order valence-electron chi connectivity index (χ3n) is 1.83. The van der Waals surface area contributed by atoms with E-state index < -0.39 is 0 Å². The summed E-state index contributed by atoms with van der Waals surface area (Å²) in [5.74, 6) is -0.234. The maximum absolute atomic E-state index is 11.7. The lowest BCUT2D eigenvalue weighted by molar-refractivity contribution is 0.0955. The molecule has 0 aliphatic rings. The third-order valence-corrected chi connectivity index (χ3v) is 2.86. The molecule has 3 N–H and O–H groups in total. The minimum atomic E-state index is -0.234. The number of carbonyl (C=O) groups is 1. The van der Waals surface area contributed by atoms with E-state index in [0.717, 1.165) is 4.47 Å². The van der Waals surface area contributed by atoms with Gasteiger partial charge in [0.15, 0.2) is 0 Å². The number of nitrogens with two attached hydrogens (primary N) is 1. The highest BCUT2D eigenvalue weighted by atomic mass is 79.9. The minimum absolute atomic E-state index is 0.234. The van der Waals surface area contributed by atoms with Gasteiger partial charge in [0.05, 0.1) is 15.6 Å². The van der Waals surface area contributed by atoms with Crippen molar-refractivity contribution < 1.29 is 4.79 Å². The van der Waals surface area contributed by atoms with Gasteiger partial charge in [-0.2, -0.15) is 0 Å². The first-order valence-corrected chi connectivity index (χ1v) is 6.10. The second-order valence-electron chi connectivity index (χ2n) is 3.10. The van der Waals surface area contributed by atoms with Crippen LogP contribution in [-0.2, 0) is 0 Å². The molecule has 16 heavy (non-hydrogen) atoms. The maximum Gasteiger partial charge on any atom is 0.252 e. The van der Waals surface area contributed by atoms with Gasteiger partial charge in [-0.15, -0.1) is 0 Å². The highest BCUT2D eigenvalue weighted by Crippen LogP contribution is 2.20. The van der Waals surface area contributed by atoms with Gasteiger partial charge in [0, 0.05) is 17.4 Å². The molecule has 0 saturated carbocycles. The molecular weight excluding hydrogens is 312 g/mol. The third kappa shape index (κ3) is 4.08. The molecule has 1 aromatic rings. The molecule has 0 aliphatic carbocycles. The van der Waals surface area contributed by atoms with E-state index in [9.17, 15) is 4.79 Å². The lowest BCUT2D eigenvalue weighted by Crippen LogP contribution is -2.27. The van der Waals surface area contributed by atoms with Crippen LogP contribution < -0.4 is 11.1 Å². The fraction of sp³-hybridized carbons (Fsp3) is 0.200. The van der Waals surface area contributed by atoms with Crippen LogP contribution in [0.25, 0.3) is 0 Å². The molecule has 0 atom stereocenters. The Bertz CT molecular complexity index is 425. The zero-order chi connectivity index (χ0) is 12.1. The van der Waals surface area contributed by atoms with Crippen molar-refractivity contribution in [2.75, 3.05) is 6.54 Å². The second kappa shape index (κ2) is 6.18. The first-order chi connectivity index (χ1) is 7.50. The van der Waals surface area contributed by atoms with Crippen LogP contribution in [0.1, 0.15) is 16.8 Å². The van der Waals surface area contributed by atoms with E-state index in [2.05, 4.69) is 21.2 Å². The number of amides is 1. The van der Waals surface area contributed by atoms with Crippen molar-refractivity contribution in [1.82, 2.24) is 5.32 Å². The van der Waals surface area contributed by atoms with Crippen LogP contribution in [0.4, 0.5) is 0 Å². The Morgan fingerprint density at radius 2 is 2.25 bits per heavy atom. The lowest BCUT2D eigenvalue weighted by Gasteiger charge is -2.06. The van der Waals surface area contributed by atoms with Gasteiger partial charge in [-0.05, 0) is 18.2 Å². The molecule has 0 aliphatic heterocycles. The number of halogens is 2. The summed E-state index contributed by atoms with van der Waals surface area (Å²) in [6.45, 7) is 0.414. The Balaban J connectivity index is 2.65. The molecule has 0 spiro atoms. The number of hydrogen-bond donors (Lipinski definition) is 2. The first kappa shape index (κ1) is 13.4. The number of carbonyl (C=O) groups excluding carboxylic acids is 1. The van der Waals surface area contributed by atoms with Crippen LogP contribution in [0.3, 0.4) is 0 Å². The Morgan fingerprint density at radius 3 is 2.88 bits per heavy atom. The molecule has 0 saturated heterocycles. The molecule has 1 amide bonds. The van der Waals surface area contributed by atoms with E-state index in [1.54, 1.807) is 18.2 Å². The van der Waals surface area contributed by atoms with Gasteiger partial charge in [-0.25, -0.2) is 0 Å². The highest BCUT2D eigenvalue weighted by Gasteiger charge is 2.10. The summed E-state index contributed by atoms with van der Waals surface area (Å²) in [6, 6.07) is 5.10. The number of hydrogen-bond acceptors (Lipinski definition) is 2. The standard InChI is InChI=1S/C10H10BrClN2OS/c11-6-1-2-8(12)7(5-6)10(15)14-4-3-9(13)16/h1-2,5H,3-4H2,(H2,13,16)(H,14,15). The van der Waals surface area contributed by atoms with Gasteiger partial charge in [-0.1, -0.05) is 39.7 Å². The number of rotatable bonds is 4. The molecule has 0 heterocycles. The van der Waals surface area contributed by atoms with Crippen molar-refractivity contribution >= 4 is 50.6 Å². The Morgan fingerprint density at radius 1 is 1.56 bits per heavy atom. The summed E-state index contributed by atoms with van der Waals surface area (Å²) in [6.07, 6.45) is 0.479. The normalized spacial score (nSPS) is 9.88. The van der Waals surface area contributed by atoms with Gasteiger partial charge < -0.3 is 11.1 Å². The van der Waals surface area contributed by atoms with Crippen molar-refractivity contribution in [3.63, 3.8) is 0 Å².